The van der Waals surface area contributed by atoms with Gasteiger partial charge in [-0.15, -0.1) is 0 Å². The first kappa shape index (κ1) is 23.3. The van der Waals surface area contributed by atoms with Crippen molar-refractivity contribution in [1.82, 2.24) is 5.32 Å². The van der Waals surface area contributed by atoms with Crippen molar-refractivity contribution in [2.45, 2.75) is 31.7 Å². The molecule has 3 aromatic carbocycles. The summed E-state index contributed by atoms with van der Waals surface area (Å²) in [5.41, 5.74) is 0.751. The van der Waals surface area contributed by atoms with Crippen molar-refractivity contribution >= 4 is 51.5 Å². The first-order valence-corrected chi connectivity index (χ1v) is 11.5. The van der Waals surface area contributed by atoms with Crippen LogP contribution in [0, 0.1) is 11.7 Å². The van der Waals surface area contributed by atoms with E-state index in [1.54, 1.807) is 0 Å². The topological polar surface area (TPSA) is 67.4 Å². The summed E-state index contributed by atoms with van der Waals surface area (Å²) in [6.45, 7) is -0.214. The van der Waals surface area contributed by atoms with E-state index in [4.69, 9.17) is 27.9 Å². The lowest BCUT2D eigenvalue weighted by Gasteiger charge is -2.28. The third kappa shape index (κ3) is 6.15. The lowest BCUT2D eigenvalue weighted by atomic mass is 9.85. The van der Waals surface area contributed by atoms with Crippen molar-refractivity contribution in [3.8, 4) is 5.75 Å². The molecule has 1 fully saturated rings. The Bertz CT molecular complexity index is 1180. The van der Waals surface area contributed by atoms with Crippen LogP contribution >= 0.6 is 23.2 Å². The van der Waals surface area contributed by atoms with E-state index < -0.39 is 5.82 Å². The summed E-state index contributed by atoms with van der Waals surface area (Å²) < 4.78 is 18.8. The number of rotatable bonds is 6. The minimum absolute atomic E-state index is 0.00173. The molecular weight excluding hydrogens is 466 g/mol. The van der Waals surface area contributed by atoms with Crippen LogP contribution in [-0.4, -0.2) is 24.5 Å². The molecule has 0 unspecified atom stereocenters. The molecule has 0 atom stereocenters. The van der Waals surface area contributed by atoms with Crippen molar-refractivity contribution in [2.24, 2.45) is 5.92 Å². The Morgan fingerprint density at radius 2 is 1.67 bits per heavy atom. The zero-order valence-electron chi connectivity index (χ0n) is 17.7. The van der Waals surface area contributed by atoms with Crippen LogP contribution in [0.25, 0.3) is 10.8 Å². The molecule has 1 aliphatic rings. The molecule has 4 rings (SSSR count). The molecule has 1 saturated carbocycles. The van der Waals surface area contributed by atoms with Gasteiger partial charge in [0, 0.05) is 28.7 Å². The van der Waals surface area contributed by atoms with Crippen molar-refractivity contribution in [3.05, 3.63) is 70.5 Å². The van der Waals surface area contributed by atoms with Gasteiger partial charge < -0.3 is 15.4 Å². The Hall–Kier alpha value is -2.83. The highest BCUT2D eigenvalue weighted by Crippen LogP contribution is 2.27. The fourth-order valence-corrected chi connectivity index (χ4v) is 4.32. The molecule has 0 aromatic heterocycles. The molecule has 3 aromatic rings. The molecule has 0 radical (unpaired) electrons. The Labute approximate surface area is 201 Å². The van der Waals surface area contributed by atoms with E-state index in [-0.39, 0.29) is 41.2 Å². The minimum atomic E-state index is -0.598. The van der Waals surface area contributed by atoms with Gasteiger partial charge in [0.25, 0.3) is 5.91 Å². The maximum Gasteiger partial charge on any atom is 0.258 e. The maximum atomic E-state index is 13.4. The van der Waals surface area contributed by atoms with E-state index in [0.717, 1.165) is 22.5 Å². The van der Waals surface area contributed by atoms with E-state index in [1.807, 2.05) is 36.4 Å². The second kappa shape index (κ2) is 10.4. The fourth-order valence-electron chi connectivity index (χ4n) is 4.02. The molecule has 8 heteroatoms. The van der Waals surface area contributed by atoms with Crippen LogP contribution in [0.4, 0.5) is 10.1 Å². The Kier molecular flexibility index (Phi) is 7.36. The largest absolute Gasteiger partial charge is 0.484 e. The molecule has 0 saturated heterocycles. The number of amides is 2. The SMILES string of the molecule is O=C(COc1ccc(Cl)c(F)c1)NC1CCC(C(=O)Nc2ccc3cc(Cl)ccc3c2)CC1. The van der Waals surface area contributed by atoms with Crippen molar-refractivity contribution < 1.29 is 18.7 Å². The molecule has 172 valence electrons. The van der Waals surface area contributed by atoms with Crippen LogP contribution < -0.4 is 15.4 Å². The van der Waals surface area contributed by atoms with E-state index in [2.05, 4.69) is 10.6 Å². The predicted molar refractivity (Wildman–Crippen MR) is 128 cm³/mol. The molecule has 2 amide bonds. The molecule has 0 bridgehead atoms. The highest BCUT2D eigenvalue weighted by atomic mass is 35.5. The second-order valence-corrected chi connectivity index (χ2v) is 9.02. The quantitative estimate of drug-likeness (QED) is 0.448. The summed E-state index contributed by atoms with van der Waals surface area (Å²) in [5.74, 6) is -0.758. The first-order chi connectivity index (χ1) is 15.9. The second-order valence-electron chi connectivity index (χ2n) is 8.18. The summed E-state index contributed by atoms with van der Waals surface area (Å²) >= 11 is 11.7. The van der Waals surface area contributed by atoms with Crippen molar-refractivity contribution in [2.75, 3.05) is 11.9 Å². The van der Waals surface area contributed by atoms with E-state index in [9.17, 15) is 14.0 Å². The number of hydrogen-bond donors (Lipinski definition) is 2. The van der Waals surface area contributed by atoms with Crippen molar-refractivity contribution in [1.29, 1.82) is 0 Å². The number of carbonyl (C=O) groups is 2. The van der Waals surface area contributed by atoms with Gasteiger partial charge in [0.1, 0.15) is 11.6 Å². The van der Waals surface area contributed by atoms with E-state index >= 15 is 0 Å². The summed E-state index contributed by atoms with van der Waals surface area (Å²) in [4.78, 5) is 24.9. The van der Waals surface area contributed by atoms with Crippen LogP contribution in [0.3, 0.4) is 0 Å². The normalized spacial score (nSPS) is 18.0. The number of nitrogens with one attached hydrogen (secondary N) is 2. The monoisotopic (exact) mass is 488 g/mol. The summed E-state index contributed by atoms with van der Waals surface area (Å²) in [6.07, 6.45) is 2.78. The molecule has 0 spiro atoms. The molecule has 33 heavy (non-hydrogen) atoms. The number of ether oxygens (including phenoxy) is 1. The maximum absolute atomic E-state index is 13.4. The van der Waals surface area contributed by atoms with Crippen LogP contribution in [0.1, 0.15) is 25.7 Å². The highest BCUT2D eigenvalue weighted by Gasteiger charge is 2.27. The van der Waals surface area contributed by atoms with E-state index in [0.29, 0.717) is 30.7 Å². The fraction of sp³-hybridized carbons (Fsp3) is 0.280. The molecule has 0 heterocycles. The zero-order valence-corrected chi connectivity index (χ0v) is 19.3. The van der Waals surface area contributed by atoms with Gasteiger partial charge in [0.2, 0.25) is 5.91 Å². The number of carbonyl (C=O) groups excluding carboxylic acids is 2. The van der Waals surface area contributed by atoms with Gasteiger partial charge in [-0.25, -0.2) is 4.39 Å². The Morgan fingerprint density at radius 1 is 0.939 bits per heavy atom. The molecular formula is C25H23Cl2FN2O3. The standard InChI is InChI=1S/C25H23Cl2FN2O3/c26-18-5-1-17-12-20(8-4-16(17)11-18)30-25(32)15-2-6-19(7-3-15)29-24(31)14-33-21-9-10-22(27)23(28)13-21/h1,4-5,8-13,15,19H,2-3,6-7,14H2,(H,29,31)(H,30,32). The predicted octanol–water partition coefficient (Wildman–Crippen LogP) is 5.98. The van der Waals surface area contributed by atoms with Gasteiger partial charge in [-0.05, 0) is 72.9 Å². The lowest BCUT2D eigenvalue weighted by Crippen LogP contribution is -2.41. The van der Waals surface area contributed by atoms with Crippen LogP contribution in [-0.2, 0) is 9.59 Å². The van der Waals surface area contributed by atoms with Gasteiger partial charge in [-0.3, -0.25) is 9.59 Å². The minimum Gasteiger partial charge on any atom is -0.484 e. The van der Waals surface area contributed by atoms with Crippen molar-refractivity contribution in [3.63, 3.8) is 0 Å². The lowest BCUT2D eigenvalue weighted by molar-refractivity contribution is -0.124. The molecule has 0 aliphatic heterocycles. The summed E-state index contributed by atoms with van der Waals surface area (Å²) in [7, 11) is 0. The van der Waals surface area contributed by atoms with Gasteiger partial charge in [-0.1, -0.05) is 35.3 Å². The average Bonchev–Trinajstić information content (AvgIpc) is 2.80. The molecule has 2 N–H and O–H groups in total. The zero-order chi connectivity index (χ0) is 23.4. The number of anilines is 1. The van der Waals surface area contributed by atoms with Gasteiger partial charge >= 0.3 is 0 Å². The van der Waals surface area contributed by atoms with Crippen LogP contribution in [0.2, 0.25) is 10.0 Å². The Morgan fingerprint density at radius 3 is 2.42 bits per heavy atom. The van der Waals surface area contributed by atoms with E-state index in [1.165, 1.54) is 12.1 Å². The Balaban J connectivity index is 1.22. The smallest absolute Gasteiger partial charge is 0.258 e. The number of hydrogen-bond acceptors (Lipinski definition) is 3. The number of halogens is 3. The number of benzene rings is 3. The third-order valence-corrected chi connectivity index (χ3v) is 6.34. The van der Waals surface area contributed by atoms with Gasteiger partial charge in [0.15, 0.2) is 6.61 Å². The molecule has 1 aliphatic carbocycles. The average molecular weight is 489 g/mol. The first-order valence-electron chi connectivity index (χ1n) is 10.7. The number of fused-ring (bicyclic) bond motifs is 1. The van der Waals surface area contributed by atoms with Crippen LogP contribution in [0.5, 0.6) is 5.75 Å². The molecule has 5 nitrogen and oxygen atoms in total. The highest BCUT2D eigenvalue weighted by molar-refractivity contribution is 6.31. The third-order valence-electron chi connectivity index (χ3n) is 5.79. The van der Waals surface area contributed by atoms with Gasteiger partial charge in [-0.2, -0.15) is 0 Å². The summed E-state index contributed by atoms with van der Waals surface area (Å²) in [6, 6.07) is 15.4. The summed E-state index contributed by atoms with van der Waals surface area (Å²) in [5, 5.41) is 8.62. The van der Waals surface area contributed by atoms with Crippen LogP contribution in [0.15, 0.2) is 54.6 Å². The van der Waals surface area contributed by atoms with Gasteiger partial charge in [0.05, 0.1) is 5.02 Å².